The van der Waals surface area contributed by atoms with E-state index in [-0.39, 0.29) is 18.7 Å². The third kappa shape index (κ3) is 5.93. The Morgan fingerprint density at radius 3 is 2.75 bits per heavy atom. The molecule has 5 nitrogen and oxygen atoms in total. The maximum absolute atomic E-state index is 11.7. The van der Waals surface area contributed by atoms with Crippen molar-refractivity contribution < 1.29 is 14.6 Å². The molecule has 0 aromatic heterocycles. The molecule has 0 spiro atoms. The SMILES string of the molecule is CCC(CO)NC(=O)Nc1cccc(OCC(C)C)c1. The number of anilines is 1. The van der Waals surface area contributed by atoms with Crippen molar-refractivity contribution in [3.8, 4) is 5.75 Å². The first-order valence-corrected chi connectivity index (χ1v) is 6.96. The molecule has 1 aromatic carbocycles. The lowest BCUT2D eigenvalue weighted by Crippen LogP contribution is -2.39. The second-order valence-corrected chi connectivity index (χ2v) is 5.12. The van der Waals surface area contributed by atoms with Crippen LogP contribution >= 0.6 is 0 Å². The molecule has 0 radical (unpaired) electrons. The summed E-state index contributed by atoms with van der Waals surface area (Å²) in [6.45, 7) is 6.63. The van der Waals surface area contributed by atoms with Crippen LogP contribution in [0.3, 0.4) is 0 Å². The number of carbonyl (C=O) groups is 1. The smallest absolute Gasteiger partial charge is 0.319 e. The van der Waals surface area contributed by atoms with Crippen molar-refractivity contribution >= 4 is 11.7 Å². The Morgan fingerprint density at radius 1 is 1.40 bits per heavy atom. The third-order valence-corrected chi connectivity index (χ3v) is 2.72. The van der Waals surface area contributed by atoms with E-state index >= 15 is 0 Å². The number of rotatable bonds is 7. The number of hydrogen-bond acceptors (Lipinski definition) is 3. The van der Waals surface area contributed by atoms with E-state index in [2.05, 4.69) is 24.5 Å². The summed E-state index contributed by atoms with van der Waals surface area (Å²) < 4.78 is 5.60. The quantitative estimate of drug-likeness (QED) is 0.719. The number of carbonyl (C=O) groups excluding carboxylic acids is 1. The largest absolute Gasteiger partial charge is 0.493 e. The Morgan fingerprint density at radius 2 is 2.15 bits per heavy atom. The zero-order chi connectivity index (χ0) is 15.0. The van der Waals surface area contributed by atoms with Gasteiger partial charge in [-0.25, -0.2) is 4.79 Å². The number of benzene rings is 1. The summed E-state index contributed by atoms with van der Waals surface area (Å²) >= 11 is 0. The highest BCUT2D eigenvalue weighted by Crippen LogP contribution is 2.18. The number of hydrogen-bond donors (Lipinski definition) is 3. The summed E-state index contributed by atoms with van der Waals surface area (Å²) in [6.07, 6.45) is 0.682. The number of ether oxygens (including phenoxy) is 1. The van der Waals surface area contributed by atoms with Crippen molar-refractivity contribution in [2.45, 2.75) is 33.2 Å². The van der Waals surface area contributed by atoms with E-state index in [1.165, 1.54) is 0 Å². The minimum atomic E-state index is -0.327. The van der Waals surface area contributed by atoms with Gasteiger partial charge in [0, 0.05) is 11.8 Å². The molecule has 2 amide bonds. The molecule has 1 unspecified atom stereocenters. The van der Waals surface area contributed by atoms with Gasteiger partial charge >= 0.3 is 6.03 Å². The van der Waals surface area contributed by atoms with Gasteiger partial charge in [-0.2, -0.15) is 0 Å². The van der Waals surface area contributed by atoms with Crippen LogP contribution in [-0.4, -0.2) is 30.4 Å². The van der Waals surface area contributed by atoms with Crippen LogP contribution in [0.4, 0.5) is 10.5 Å². The Balaban J connectivity index is 2.54. The summed E-state index contributed by atoms with van der Waals surface area (Å²) in [4.78, 5) is 11.7. The number of aliphatic hydroxyl groups excluding tert-OH is 1. The molecule has 0 fully saturated rings. The molecule has 0 saturated carbocycles. The number of nitrogens with one attached hydrogen (secondary N) is 2. The minimum Gasteiger partial charge on any atom is -0.493 e. The van der Waals surface area contributed by atoms with Gasteiger partial charge in [0.15, 0.2) is 0 Å². The zero-order valence-corrected chi connectivity index (χ0v) is 12.3. The molecule has 0 aliphatic heterocycles. The van der Waals surface area contributed by atoms with E-state index in [9.17, 15) is 4.79 Å². The van der Waals surface area contributed by atoms with Crippen LogP contribution in [0.1, 0.15) is 27.2 Å². The first kappa shape index (κ1) is 16.3. The Kier molecular flexibility index (Phi) is 6.87. The molecular formula is C15H24N2O3. The number of amides is 2. The van der Waals surface area contributed by atoms with Crippen molar-refractivity contribution in [3.63, 3.8) is 0 Å². The van der Waals surface area contributed by atoms with Gasteiger partial charge in [-0.3, -0.25) is 0 Å². The van der Waals surface area contributed by atoms with Crippen LogP contribution < -0.4 is 15.4 Å². The van der Waals surface area contributed by atoms with Crippen molar-refractivity contribution in [1.82, 2.24) is 5.32 Å². The van der Waals surface area contributed by atoms with Gasteiger partial charge in [0.1, 0.15) is 5.75 Å². The molecule has 0 saturated heterocycles. The zero-order valence-electron chi connectivity index (χ0n) is 12.3. The third-order valence-electron chi connectivity index (χ3n) is 2.72. The molecule has 1 aromatic rings. The monoisotopic (exact) mass is 280 g/mol. The average Bonchev–Trinajstić information content (AvgIpc) is 2.43. The molecular weight excluding hydrogens is 256 g/mol. The van der Waals surface area contributed by atoms with E-state index in [0.717, 1.165) is 5.75 Å². The molecule has 5 heteroatoms. The van der Waals surface area contributed by atoms with Crippen LogP contribution in [-0.2, 0) is 0 Å². The molecule has 0 heterocycles. The fourth-order valence-corrected chi connectivity index (χ4v) is 1.56. The van der Waals surface area contributed by atoms with Crippen LogP contribution in [0.15, 0.2) is 24.3 Å². The lowest BCUT2D eigenvalue weighted by Gasteiger charge is -2.15. The predicted octanol–water partition coefficient (Wildman–Crippen LogP) is 2.61. The van der Waals surface area contributed by atoms with Crippen molar-refractivity contribution in [3.05, 3.63) is 24.3 Å². The van der Waals surface area contributed by atoms with Gasteiger partial charge in [-0.05, 0) is 24.5 Å². The Bertz CT molecular complexity index is 417. The molecule has 0 aliphatic carbocycles. The summed E-state index contributed by atoms with van der Waals surface area (Å²) in [6, 6.07) is 6.70. The predicted molar refractivity (Wildman–Crippen MR) is 80.1 cm³/mol. The van der Waals surface area contributed by atoms with Gasteiger partial charge in [-0.15, -0.1) is 0 Å². The maximum Gasteiger partial charge on any atom is 0.319 e. The van der Waals surface area contributed by atoms with Gasteiger partial charge < -0.3 is 20.5 Å². The fraction of sp³-hybridized carbons (Fsp3) is 0.533. The van der Waals surface area contributed by atoms with Gasteiger partial charge in [0.05, 0.1) is 19.3 Å². The topological polar surface area (TPSA) is 70.6 Å². The van der Waals surface area contributed by atoms with E-state index < -0.39 is 0 Å². The molecule has 0 aliphatic rings. The van der Waals surface area contributed by atoms with Gasteiger partial charge in [-0.1, -0.05) is 26.8 Å². The average molecular weight is 280 g/mol. The second-order valence-electron chi connectivity index (χ2n) is 5.12. The van der Waals surface area contributed by atoms with E-state index in [1.807, 2.05) is 19.1 Å². The summed E-state index contributed by atoms with van der Waals surface area (Å²) in [7, 11) is 0. The highest BCUT2D eigenvalue weighted by Gasteiger charge is 2.09. The van der Waals surface area contributed by atoms with Crippen molar-refractivity contribution in [2.24, 2.45) is 5.92 Å². The number of aliphatic hydroxyl groups is 1. The molecule has 3 N–H and O–H groups in total. The van der Waals surface area contributed by atoms with Crippen LogP contribution in [0.2, 0.25) is 0 Å². The lowest BCUT2D eigenvalue weighted by atomic mass is 10.2. The van der Waals surface area contributed by atoms with Crippen LogP contribution in [0.25, 0.3) is 0 Å². The molecule has 0 bridgehead atoms. The summed E-state index contributed by atoms with van der Waals surface area (Å²) in [5.41, 5.74) is 0.663. The Hall–Kier alpha value is -1.75. The van der Waals surface area contributed by atoms with Crippen LogP contribution in [0.5, 0.6) is 5.75 Å². The van der Waals surface area contributed by atoms with E-state index in [4.69, 9.17) is 9.84 Å². The number of urea groups is 1. The first-order chi connectivity index (χ1) is 9.55. The van der Waals surface area contributed by atoms with E-state index in [1.54, 1.807) is 12.1 Å². The van der Waals surface area contributed by atoms with Gasteiger partial charge in [0.2, 0.25) is 0 Å². The summed E-state index contributed by atoms with van der Waals surface area (Å²) in [5, 5.41) is 14.5. The van der Waals surface area contributed by atoms with Crippen LogP contribution in [0, 0.1) is 5.92 Å². The highest BCUT2D eigenvalue weighted by atomic mass is 16.5. The standard InChI is InChI=1S/C15H24N2O3/c1-4-12(9-18)16-15(19)17-13-6-5-7-14(8-13)20-10-11(2)3/h5-8,11-12,18H,4,9-10H2,1-3H3,(H2,16,17,19). The van der Waals surface area contributed by atoms with E-state index in [0.29, 0.717) is 24.6 Å². The second kappa shape index (κ2) is 8.43. The highest BCUT2D eigenvalue weighted by molar-refractivity contribution is 5.89. The van der Waals surface area contributed by atoms with Crippen molar-refractivity contribution in [2.75, 3.05) is 18.5 Å². The first-order valence-electron chi connectivity index (χ1n) is 6.96. The minimum absolute atomic E-state index is 0.0680. The molecule has 112 valence electrons. The summed E-state index contributed by atoms with van der Waals surface area (Å²) in [5.74, 6) is 1.18. The maximum atomic E-state index is 11.7. The fourth-order valence-electron chi connectivity index (χ4n) is 1.56. The Labute approximate surface area is 120 Å². The molecule has 1 rings (SSSR count). The lowest BCUT2D eigenvalue weighted by molar-refractivity contribution is 0.222. The van der Waals surface area contributed by atoms with Crippen molar-refractivity contribution in [1.29, 1.82) is 0 Å². The molecule has 20 heavy (non-hydrogen) atoms. The normalized spacial score (nSPS) is 12.1. The molecule has 1 atom stereocenters. The van der Waals surface area contributed by atoms with Gasteiger partial charge in [0.25, 0.3) is 0 Å².